The topological polar surface area (TPSA) is 128 Å². The molecule has 1 aliphatic heterocycles. The van der Waals surface area contributed by atoms with Gasteiger partial charge in [-0.1, -0.05) is 6.92 Å². The van der Waals surface area contributed by atoms with E-state index in [1.165, 1.54) is 55.8 Å². The monoisotopic (exact) mass is 513 g/mol. The number of pyridine rings is 2. The summed E-state index contributed by atoms with van der Waals surface area (Å²) < 4.78 is 47.8. The lowest BCUT2D eigenvalue weighted by atomic mass is 9.97. The molecule has 2 aromatic heterocycles. The van der Waals surface area contributed by atoms with E-state index in [2.05, 4.69) is 21.6 Å². The smallest absolute Gasteiger partial charge is 0.268 e. The first-order valence-electron chi connectivity index (χ1n) is 11.3. The second kappa shape index (κ2) is 9.38. The van der Waals surface area contributed by atoms with Gasteiger partial charge in [0.1, 0.15) is 28.1 Å². The maximum absolute atomic E-state index is 14.7. The molecule has 0 aliphatic carbocycles. The number of halogens is 1. The van der Waals surface area contributed by atoms with E-state index in [9.17, 15) is 17.6 Å². The van der Waals surface area contributed by atoms with Gasteiger partial charge in [0.15, 0.2) is 0 Å². The third-order valence-corrected chi connectivity index (χ3v) is 7.59. The Morgan fingerprint density at radius 2 is 2.00 bits per heavy atom. The second-order valence-electron chi connectivity index (χ2n) is 9.47. The second-order valence-corrected chi connectivity index (χ2v) is 11.1. The Kier molecular flexibility index (Phi) is 6.61. The quantitative estimate of drug-likeness (QED) is 0.512. The van der Waals surface area contributed by atoms with Crippen molar-refractivity contribution in [2.24, 2.45) is 5.92 Å². The summed E-state index contributed by atoms with van der Waals surface area (Å²) >= 11 is 0. The zero-order chi connectivity index (χ0) is 26.3. The van der Waals surface area contributed by atoms with Crippen LogP contribution in [0.3, 0.4) is 0 Å². The van der Waals surface area contributed by atoms with Crippen LogP contribution in [-0.2, 0) is 10.0 Å². The third kappa shape index (κ3) is 4.83. The van der Waals surface area contributed by atoms with E-state index in [0.717, 1.165) is 6.42 Å². The summed E-state index contributed by atoms with van der Waals surface area (Å²) in [6, 6.07) is 9.91. The van der Waals surface area contributed by atoms with Gasteiger partial charge in [-0.3, -0.25) is 4.79 Å². The minimum Gasteiger partial charge on any atom is -0.497 e. The maximum Gasteiger partial charge on any atom is 0.268 e. The number of methoxy groups -OCH3 is 1. The number of sulfonamides is 1. The van der Waals surface area contributed by atoms with E-state index >= 15 is 0 Å². The molecule has 0 saturated carbocycles. The molecule has 3 aromatic rings. The molecule has 1 aliphatic rings. The Hall–Kier alpha value is -3.73. The molecule has 190 valence electrons. The van der Waals surface area contributed by atoms with E-state index in [0.29, 0.717) is 18.2 Å². The van der Waals surface area contributed by atoms with Crippen molar-refractivity contribution >= 4 is 27.6 Å². The highest BCUT2D eigenvalue weighted by Crippen LogP contribution is 2.39. The van der Waals surface area contributed by atoms with Gasteiger partial charge >= 0.3 is 0 Å². The first-order chi connectivity index (χ1) is 16.9. The molecule has 1 atom stereocenters. The fourth-order valence-electron chi connectivity index (χ4n) is 4.63. The zero-order valence-electron chi connectivity index (χ0n) is 20.4. The van der Waals surface area contributed by atoms with Gasteiger partial charge in [0.05, 0.1) is 18.4 Å². The summed E-state index contributed by atoms with van der Waals surface area (Å²) in [4.78, 5) is 23.4. The fraction of sp³-hybridized carbons (Fsp3) is 0.320. The van der Waals surface area contributed by atoms with Gasteiger partial charge in [-0.25, -0.2) is 27.5 Å². The molecule has 0 spiro atoms. The summed E-state index contributed by atoms with van der Waals surface area (Å²) in [6.07, 6.45) is 2.18. The number of aromatic nitrogens is 2. The molecular weight excluding hydrogens is 485 g/mol. The molecule has 0 radical (unpaired) electrons. The first-order valence-corrected chi connectivity index (χ1v) is 12.8. The van der Waals surface area contributed by atoms with E-state index in [1.807, 2.05) is 18.7 Å². The van der Waals surface area contributed by atoms with E-state index < -0.39 is 21.7 Å². The molecule has 1 fully saturated rings. The summed E-state index contributed by atoms with van der Waals surface area (Å²) in [5.41, 5.74) is 5.86. The van der Waals surface area contributed by atoms with Crippen LogP contribution in [0.15, 0.2) is 53.6 Å². The van der Waals surface area contributed by atoms with Crippen LogP contribution >= 0.6 is 0 Å². The number of ether oxygens (including phenoxy) is 1. The van der Waals surface area contributed by atoms with Crippen molar-refractivity contribution in [1.82, 2.24) is 14.7 Å². The average molecular weight is 514 g/mol. The minimum absolute atomic E-state index is 0.0373. The molecule has 3 N–H and O–H groups in total. The molecule has 0 unspecified atom stereocenters. The molecule has 1 saturated heterocycles. The molecule has 1 amide bonds. The first kappa shape index (κ1) is 25.4. The Bertz CT molecular complexity index is 1430. The van der Waals surface area contributed by atoms with Crippen LogP contribution in [0.4, 0.5) is 16.0 Å². The number of nitrogens with one attached hydrogen (secondary N) is 1. The normalized spacial score (nSPS) is 17.1. The van der Waals surface area contributed by atoms with Crippen LogP contribution in [0.2, 0.25) is 0 Å². The van der Waals surface area contributed by atoms with E-state index in [1.54, 1.807) is 0 Å². The number of hydrogen-bond acceptors (Lipinski definition) is 8. The van der Waals surface area contributed by atoms with Crippen LogP contribution in [0, 0.1) is 11.7 Å². The highest BCUT2D eigenvalue weighted by Gasteiger charge is 2.39. The number of nitrogens with two attached hydrogens (primary N) is 1. The summed E-state index contributed by atoms with van der Waals surface area (Å²) in [6.45, 7) is 6.72. The van der Waals surface area contributed by atoms with Crippen molar-refractivity contribution in [2.75, 3.05) is 24.3 Å². The lowest BCUT2D eigenvalue weighted by Gasteiger charge is -2.34. The van der Waals surface area contributed by atoms with Crippen molar-refractivity contribution in [3.63, 3.8) is 0 Å². The number of carbonyl (C=O) groups excluding carboxylic acids is 1. The summed E-state index contributed by atoms with van der Waals surface area (Å²) in [7, 11) is -2.83. The average Bonchev–Trinajstić information content (AvgIpc) is 3.10. The Balaban J connectivity index is 1.81. The largest absolute Gasteiger partial charge is 0.497 e. The molecule has 0 bridgehead atoms. The standard InChI is InChI=1S/C25H28FN5O4S/c1-15-13-25(2,3)31(14-15)23-17(24(32)30-36(33,34)21-6-5-11-28-22(21)27)8-10-20(29-23)18-12-16(35-4)7-9-19(18)26/h5-12,15H,13-14H2,1-4H3,(H2,27,28)(H,30,32)/t15-/m0/s1. The maximum atomic E-state index is 14.7. The SMILES string of the molecule is COc1ccc(F)c(-c2ccc(C(=O)NS(=O)(=O)c3cccnc3N)c(N3C[C@@H](C)CC3(C)C)n2)c1. The molecule has 36 heavy (non-hydrogen) atoms. The number of anilines is 2. The van der Waals surface area contributed by atoms with Crippen molar-refractivity contribution < 1.29 is 22.3 Å². The van der Waals surface area contributed by atoms with Gasteiger partial charge in [-0.15, -0.1) is 0 Å². The number of hydrogen-bond donors (Lipinski definition) is 2. The molecule has 4 rings (SSSR count). The van der Waals surface area contributed by atoms with Gasteiger partial charge in [-0.05, 0) is 68.7 Å². The van der Waals surface area contributed by atoms with Crippen LogP contribution in [0.5, 0.6) is 5.75 Å². The minimum atomic E-state index is -4.31. The highest BCUT2D eigenvalue weighted by molar-refractivity contribution is 7.90. The lowest BCUT2D eigenvalue weighted by molar-refractivity contribution is 0.0981. The molecule has 3 heterocycles. The Labute approximate surface area is 209 Å². The van der Waals surface area contributed by atoms with Gasteiger partial charge in [0.25, 0.3) is 15.9 Å². The van der Waals surface area contributed by atoms with Crippen LogP contribution in [0.1, 0.15) is 37.6 Å². The highest BCUT2D eigenvalue weighted by atomic mass is 32.2. The van der Waals surface area contributed by atoms with Crippen molar-refractivity contribution in [2.45, 2.75) is 37.6 Å². The summed E-state index contributed by atoms with van der Waals surface area (Å²) in [5.74, 6) is -0.602. The Morgan fingerprint density at radius 1 is 1.25 bits per heavy atom. The lowest BCUT2D eigenvalue weighted by Crippen LogP contribution is -2.41. The van der Waals surface area contributed by atoms with Crippen LogP contribution < -0.4 is 20.1 Å². The van der Waals surface area contributed by atoms with Gasteiger partial charge in [0, 0.05) is 23.8 Å². The summed E-state index contributed by atoms with van der Waals surface area (Å²) in [5, 5.41) is 0. The number of amides is 1. The third-order valence-electron chi connectivity index (χ3n) is 6.21. The number of carbonyl (C=O) groups is 1. The van der Waals surface area contributed by atoms with Crippen molar-refractivity contribution in [3.8, 4) is 17.0 Å². The molecule has 1 aromatic carbocycles. The Morgan fingerprint density at radius 3 is 2.64 bits per heavy atom. The van der Waals surface area contributed by atoms with Gasteiger partial charge < -0.3 is 15.4 Å². The zero-order valence-corrected chi connectivity index (χ0v) is 21.3. The predicted octanol–water partition coefficient (Wildman–Crippen LogP) is 3.62. The van der Waals surface area contributed by atoms with Crippen molar-refractivity contribution in [1.29, 1.82) is 0 Å². The van der Waals surface area contributed by atoms with Crippen molar-refractivity contribution in [3.05, 3.63) is 60.0 Å². The molecular formula is C25H28FN5O4S. The molecule has 11 heteroatoms. The number of benzene rings is 1. The van der Waals surface area contributed by atoms with E-state index in [-0.39, 0.29) is 38.9 Å². The van der Waals surface area contributed by atoms with E-state index in [4.69, 9.17) is 10.5 Å². The van der Waals surface area contributed by atoms with Crippen LogP contribution in [0.25, 0.3) is 11.3 Å². The van der Waals surface area contributed by atoms with Gasteiger partial charge in [0.2, 0.25) is 0 Å². The fourth-order valence-corrected chi connectivity index (χ4v) is 5.68. The number of rotatable bonds is 6. The molecule has 9 nitrogen and oxygen atoms in total. The van der Waals surface area contributed by atoms with Crippen LogP contribution in [-0.4, -0.2) is 43.5 Å². The number of nitrogen functional groups attached to an aromatic ring is 1. The number of nitrogens with zero attached hydrogens (tertiary/aromatic N) is 3. The predicted molar refractivity (Wildman–Crippen MR) is 135 cm³/mol. The van der Waals surface area contributed by atoms with Gasteiger partial charge in [-0.2, -0.15) is 0 Å².